The first-order valence-corrected chi connectivity index (χ1v) is 23.8. The van der Waals surface area contributed by atoms with Crippen LogP contribution in [0.15, 0.2) is 23.8 Å². The lowest BCUT2D eigenvalue weighted by Crippen LogP contribution is -2.77. The van der Waals surface area contributed by atoms with E-state index in [0.29, 0.717) is 32.3 Å². The molecule has 0 aromatic rings. The van der Waals surface area contributed by atoms with Crippen molar-refractivity contribution < 1.29 is 59.2 Å². The molecule has 13 nitrogen and oxygen atoms in total. The summed E-state index contributed by atoms with van der Waals surface area (Å²) in [6, 6.07) is -0.261. The van der Waals surface area contributed by atoms with Crippen molar-refractivity contribution in [1.82, 2.24) is 5.32 Å². The number of aliphatic hydroxyl groups excluding tert-OH is 4. The maximum absolute atomic E-state index is 14.5. The van der Waals surface area contributed by atoms with E-state index in [1.165, 1.54) is 5.57 Å². The van der Waals surface area contributed by atoms with E-state index in [2.05, 4.69) is 51.2 Å². The van der Waals surface area contributed by atoms with Crippen molar-refractivity contribution in [3.05, 3.63) is 23.8 Å². The summed E-state index contributed by atoms with van der Waals surface area (Å²) in [6.07, 6.45) is 9.33. The number of allylic oxidation sites excluding steroid dienone is 4. The maximum atomic E-state index is 14.5. The Kier molecular flexibility index (Phi) is 11.0. The van der Waals surface area contributed by atoms with Gasteiger partial charge in [-0.3, -0.25) is 4.79 Å². The average Bonchev–Trinajstić information content (AvgIpc) is 3.21. The smallest absolute Gasteiger partial charge is 0.335 e. The van der Waals surface area contributed by atoms with Crippen LogP contribution in [0.3, 0.4) is 0 Å². The van der Waals surface area contributed by atoms with Gasteiger partial charge in [-0.1, -0.05) is 57.9 Å². The molecule has 2 spiro atoms. The molecule has 1 heterocycles. The van der Waals surface area contributed by atoms with E-state index >= 15 is 0 Å². The van der Waals surface area contributed by atoms with E-state index in [1.54, 1.807) is 7.11 Å². The predicted molar refractivity (Wildman–Crippen MR) is 226 cm³/mol. The topological polar surface area (TPSA) is 212 Å². The van der Waals surface area contributed by atoms with Crippen LogP contribution in [0.4, 0.5) is 0 Å². The van der Waals surface area contributed by atoms with Crippen LogP contribution in [-0.2, 0) is 28.6 Å². The summed E-state index contributed by atoms with van der Waals surface area (Å²) in [5.41, 5.74) is -2.06. The highest BCUT2D eigenvalue weighted by Gasteiger charge is 2.82. The van der Waals surface area contributed by atoms with E-state index in [9.17, 15) is 45.0 Å². The van der Waals surface area contributed by atoms with Crippen LogP contribution in [0.5, 0.6) is 0 Å². The standard InChI is InChI=1S/C49H73NO12/c1-43(2)32-11-16-46-13-7-10-27-22-49(42(58)59)28(24-60-6)21-44(3)12-8-14-47(49,25-44)33(48(27,46)15-9-17-51)19-26-18-29(31(23-52)50-5)30(45(32,4)39(26)46)20-34(43)61-41-37(55)35(53)36(54)38(62-41)40(56)57/h8,14,17,19,26-32,34-39,41,50,52-55H,7,9-13,15-16,18,20-25H2,1-6H3,(H,56,57)(H,58,59)/t26-,27+,28+,29+,30-,31+,32-,34-,35-,36-,37+,38-,39+,41+,44-,45-,46+,47-,48+,49-/m0/s1. The van der Waals surface area contributed by atoms with E-state index in [0.717, 1.165) is 64.1 Å². The SMILES string of the molecule is CN[C@H](CO)[C@@H]1C[C@H]2C=C3[C@@]45C=CC[C@@](C)(C[C@H](COC)[C@]4(C(=O)O)C[C@H]4CCC[C@]6(CC[C@H]7C(C)(C)[C@@H](O[C@@H]8O[C@H](C(=O)O)[C@@H](O)[C@H](O)[C@H]8O)C[C@@H]1[C@]7(C)[C@@H]26)[C@@]34CCC=O)C5. The minimum absolute atomic E-state index is 0.0111. The third-order valence-corrected chi connectivity index (χ3v) is 20.6. The Hall–Kier alpha value is -2.23. The Morgan fingerprint density at radius 3 is 2.45 bits per heavy atom. The number of aldehydes is 1. The van der Waals surface area contributed by atoms with Gasteiger partial charge in [0.2, 0.25) is 0 Å². The molecule has 7 N–H and O–H groups in total. The summed E-state index contributed by atoms with van der Waals surface area (Å²) in [4.78, 5) is 39.4. The molecule has 6 saturated carbocycles. The van der Waals surface area contributed by atoms with Gasteiger partial charge in [-0.05, 0) is 135 Å². The Morgan fingerprint density at radius 1 is 1.03 bits per heavy atom. The van der Waals surface area contributed by atoms with Crippen LogP contribution in [0.1, 0.15) is 111 Å². The van der Waals surface area contributed by atoms with Gasteiger partial charge < -0.3 is 55.0 Å². The van der Waals surface area contributed by atoms with Gasteiger partial charge in [-0.25, -0.2) is 4.79 Å². The molecule has 2 bridgehead atoms. The second-order valence-corrected chi connectivity index (χ2v) is 23.0. The maximum Gasteiger partial charge on any atom is 0.335 e. The number of carboxylic acid groups (broad SMARTS) is 2. The first-order valence-electron chi connectivity index (χ1n) is 23.8. The first-order chi connectivity index (χ1) is 29.3. The number of carbonyl (C=O) groups is 3. The van der Waals surface area contributed by atoms with Crippen LogP contribution in [0.25, 0.3) is 0 Å². The van der Waals surface area contributed by atoms with Gasteiger partial charge in [0.15, 0.2) is 12.4 Å². The van der Waals surface area contributed by atoms with Gasteiger partial charge in [0.05, 0.1) is 24.7 Å². The Balaban J connectivity index is 1.24. The third kappa shape index (κ3) is 5.57. The lowest BCUT2D eigenvalue weighted by molar-refractivity contribution is -0.341. The molecular weight excluding hydrogens is 795 g/mol. The van der Waals surface area contributed by atoms with Crippen LogP contribution in [0, 0.1) is 79.3 Å². The number of aliphatic hydroxyl groups is 4. The van der Waals surface area contributed by atoms with Gasteiger partial charge in [0.1, 0.15) is 24.6 Å². The molecule has 0 aromatic heterocycles. The van der Waals surface area contributed by atoms with Gasteiger partial charge in [-0.2, -0.15) is 0 Å². The molecule has 0 unspecified atom stereocenters. The third-order valence-electron chi connectivity index (χ3n) is 20.6. The van der Waals surface area contributed by atoms with Crippen molar-refractivity contribution in [2.24, 2.45) is 79.3 Å². The first kappa shape index (κ1) is 44.9. The molecule has 1 saturated heterocycles. The Labute approximate surface area is 366 Å². The lowest BCUT2D eigenvalue weighted by Gasteiger charge is -2.81. The number of likely N-dealkylation sites (N-methyl/N-ethyl adjacent to an activating group) is 1. The molecule has 0 radical (unpaired) electrons. The van der Waals surface area contributed by atoms with Crippen molar-refractivity contribution in [3.63, 3.8) is 0 Å². The number of hydrogen-bond donors (Lipinski definition) is 7. The minimum Gasteiger partial charge on any atom is -0.481 e. The zero-order chi connectivity index (χ0) is 44.6. The zero-order valence-electron chi connectivity index (χ0n) is 37.6. The number of nitrogens with one attached hydrogen (secondary N) is 1. The summed E-state index contributed by atoms with van der Waals surface area (Å²) in [5, 5.41) is 68.9. The fraction of sp³-hybridized carbons (Fsp3) is 0.857. The highest BCUT2D eigenvalue weighted by Crippen LogP contribution is 2.86. The molecule has 13 heteroatoms. The fourth-order valence-corrected chi connectivity index (χ4v) is 18.9. The number of aliphatic carboxylic acids is 2. The van der Waals surface area contributed by atoms with Crippen LogP contribution in [0.2, 0.25) is 0 Å². The molecule has 9 aliphatic rings. The molecule has 9 rings (SSSR count). The summed E-state index contributed by atoms with van der Waals surface area (Å²) in [6.45, 7) is 9.55. The van der Waals surface area contributed by atoms with Crippen LogP contribution < -0.4 is 5.32 Å². The van der Waals surface area contributed by atoms with Crippen molar-refractivity contribution in [2.45, 2.75) is 154 Å². The average molecular weight is 868 g/mol. The largest absolute Gasteiger partial charge is 0.481 e. The van der Waals surface area contributed by atoms with Crippen molar-refractivity contribution >= 4 is 18.2 Å². The molecule has 8 aliphatic carbocycles. The molecule has 1 aliphatic heterocycles. The summed E-state index contributed by atoms with van der Waals surface area (Å²) < 4.78 is 18.4. The number of fused-ring (bicyclic) bond motifs is 1. The molecule has 0 amide bonds. The van der Waals surface area contributed by atoms with Gasteiger partial charge >= 0.3 is 11.9 Å². The van der Waals surface area contributed by atoms with Crippen LogP contribution in [-0.4, -0.2) is 119 Å². The van der Waals surface area contributed by atoms with Crippen molar-refractivity contribution in [2.75, 3.05) is 27.4 Å². The van der Waals surface area contributed by atoms with Crippen LogP contribution >= 0.6 is 0 Å². The number of carbonyl (C=O) groups excluding carboxylic acids is 1. The lowest BCUT2D eigenvalue weighted by atomic mass is 9.22. The van der Waals surface area contributed by atoms with E-state index in [-0.39, 0.29) is 70.3 Å². The quantitative estimate of drug-likeness (QED) is 0.0805. The number of ether oxygens (including phenoxy) is 3. The van der Waals surface area contributed by atoms with Gasteiger partial charge in [0, 0.05) is 36.3 Å². The van der Waals surface area contributed by atoms with Gasteiger partial charge in [0.25, 0.3) is 0 Å². The molecule has 346 valence electrons. The summed E-state index contributed by atoms with van der Waals surface area (Å²) >= 11 is 0. The highest BCUT2D eigenvalue weighted by molar-refractivity contribution is 5.80. The normalized spacial score (nSPS) is 52.4. The number of hydrogen-bond acceptors (Lipinski definition) is 11. The predicted octanol–water partition coefficient (Wildman–Crippen LogP) is 4.73. The van der Waals surface area contributed by atoms with E-state index in [1.807, 2.05) is 7.05 Å². The number of rotatable bonds is 12. The zero-order valence-corrected chi connectivity index (χ0v) is 37.6. The number of methoxy groups -OCH3 is 1. The van der Waals surface area contributed by atoms with Crippen molar-refractivity contribution in [1.29, 1.82) is 0 Å². The molecule has 0 aromatic carbocycles. The fourth-order valence-electron chi connectivity index (χ4n) is 18.9. The Morgan fingerprint density at radius 2 is 1.79 bits per heavy atom. The molecule has 62 heavy (non-hydrogen) atoms. The molecule has 20 atom stereocenters. The van der Waals surface area contributed by atoms with Gasteiger partial charge in [-0.15, -0.1) is 0 Å². The highest BCUT2D eigenvalue weighted by atomic mass is 16.7. The van der Waals surface area contributed by atoms with Crippen molar-refractivity contribution in [3.8, 4) is 0 Å². The summed E-state index contributed by atoms with van der Waals surface area (Å²) in [5.74, 6) is -1.94. The van der Waals surface area contributed by atoms with E-state index in [4.69, 9.17) is 14.2 Å². The second kappa shape index (κ2) is 15.2. The Bertz CT molecular complexity index is 1870. The number of carboxylic acids is 2. The second-order valence-electron chi connectivity index (χ2n) is 23.0. The summed E-state index contributed by atoms with van der Waals surface area (Å²) in [7, 11) is 3.59. The molecule has 7 fully saturated rings. The molecular formula is C49H73NO12. The van der Waals surface area contributed by atoms with E-state index < -0.39 is 70.4 Å². The minimum atomic E-state index is -1.83. The monoisotopic (exact) mass is 868 g/mol.